The zero-order chi connectivity index (χ0) is 30.2. The summed E-state index contributed by atoms with van der Waals surface area (Å²) >= 11 is 0. The minimum Gasteiger partial charge on any atom is -0.443 e. The van der Waals surface area contributed by atoms with E-state index in [2.05, 4.69) is 27.7 Å². The van der Waals surface area contributed by atoms with Crippen LogP contribution >= 0.6 is 0 Å². The maximum atomic E-state index is 14.1. The van der Waals surface area contributed by atoms with Crippen LogP contribution in [0.5, 0.6) is 0 Å². The lowest BCUT2D eigenvalue weighted by Gasteiger charge is -2.42. The topological polar surface area (TPSA) is 59.1 Å². The Morgan fingerprint density at radius 2 is 0.857 bits per heavy atom. The van der Waals surface area contributed by atoms with Gasteiger partial charge in [0.1, 0.15) is 13.2 Å². The van der Waals surface area contributed by atoms with Gasteiger partial charge < -0.3 is 9.47 Å². The van der Waals surface area contributed by atoms with E-state index in [4.69, 9.17) is 9.47 Å². The molecule has 2 aromatic rings. The first-order valence-electron chi connectivity index (χ1n) is 16.0. The summed E-state index contributed by atoms with van der Waals surface area (Å²) in [7, 11) is 0. The van der Waals surface area contributed by atoms with Crippen LogP contribution in [-0.2, 0) is 22.7 Å². The second-order valence-corrected chi connectivity index (χ2v) is 11.0. The van der Waals surface area contributed by atoms with Crippen LogP contribution in [0.3, 0.4) is 0 Å². The molecule has 0 aromatic heterocycles. The Bertz CT molecular complexity index is 1080. The molecule has 1 aliphatic heterocycles. The molecule has 1 heterocycles. The summed E-state index contributed by atoms with van der Waals surface area (Å²) in [4.78, 5) is 28.2. The molecule has 2 amide bonds. The average Bonchev–Trinajstić information content (AvgIpc) is 3.03. The molecular weight excluding hydrogens is 524 g/mol. The number of benzene rings is 2. The van der Waals surface area contributed by atoms with Crippen LogP contribution in [0.2, 0.25) is 0 Å². The summed E-state index contributed by atoms with van der Waals surface area (Å²) in [6.07, 6.45) is 9.97. The van der Waals surface area contributed by atoms with Crippen LogP contribution in [-0.4, -0.2) is 22.2 Å². The number of carbonyl (C=O) groups excluding carboxylic acids is 2. The number of hydrogen-bond donors (Lipinski definition) is 0. The molecule has 0 aliphatic carbocycles. The maximum absolute atomic E-state index is 14.1. The standard InChI is InChI=1S/C36H50N2O4/c1-5-9-23-31-32(24-10-6-2)34(26-12-8-4)38(36(40)42-28-30-21-17-14-18-22-30)37(33(31)25-11-7-3)35(39)41-27-29-19-15-13-16-20-29/h13-22H,5-12,23-28H2,1-4H3. The van der Waals surface area contributed by atoms with Crippen LogP contribution in [0.25, 0.3) is 0 Å². The molecule has 3 rings (SSSR count). The summed E-state index contributed by atoms with van der Waals surface area (Å²) in [5.41, 5.74) is 5.99. The lowest BCUT2D eigenvalue weighted by atomic mass is 9.88. The summed E-state index contributed by atoms with van der Waals surface area (Å²) in [6, 6.07) is 19.3. The van der Waals surface area contributed by atoms with E-state index < -0.39 is 12.2 Å². The van der Waals surface area contributed by atoms with E-state index >= 15 is 0 Å². The van der Waals surface area contributed by atoms with Gasteiger partial charge in [-0.05, 0) is 73.6 Å². The van der Waals surface area contributed by atoms with Crippen molar-refractivity contribution >= 4 is 12.2 Å². The van der Waals surface area contributed by atoms with Crippen LogP contribution in [0.4, 0.5) is 9.59 Å². The number of carbonyl (C=O) groups is 2. The first-order chi connectivity index (χ1) is 20.5. The van der Waals surface area contributed by atoms with Crippen molar-refractivity contribution < 1.29 is 19.1 Å². The Hall–Kier alpha value is -3.54. The van der Waals surface area contributed by atoms with Crippen LogP contribution in [0.15, 0.2) is 83.2 Å². The van der Waals surface area contributed by atoms with E-state index in [1.165, 1.54) is 21.2 Å². The van der Waals surface area contributed by atoms with Crippen LogP contribution < -0.4 is 0 Å². The fourth-order valence-corrected chi connectivity index (χ4v) is 5.29. The van der Waals surface area contributed by atoms with Crippen molar-refractivity contribution in [3.63, 3.8) is 0 Å². The molecule has 0 spiro atoms. The molecule has 0 atom stereocenters. The number of ether oxygens (including phenoxy) is 2. The van der Waals surface area contributed by atoms with Gasteiger partial charge in [-0.15, -0.1) is 0 Å². The Balaban J connectivity index is 2.12. The average molecular weight is 575 g/mol. The number of rotatable bonds is 16. The van der Waals surface area contributed by atoms with Gasteiger partial charge in [0.2, 0.25) is 0 Å². The normalized spacial score (nSPS) is 13.5. The molecule has 0 saturated carbocycles. The summed E-state index contributed by atoms with van der Waals surface area (Å²) in [5.74, 6) is 0. The minimum atomic E-state index is -0.542. The third kappa shape index (κ3) is 9.23. The third-order valence-corrected chi connectivity index (χ3v) is 7.62. The van der Waals surface area contributed by atoms with Gasteiger partial charge in [0.05, 0.1) is 11.4 Å². The molecule has 6 heteroatoms. The van der Waals surface area contributed by atoms with Gasteiger partial charge in [0.25, 0.3) is 0 Å². The highest BCUT2D eigenvalue weighted by molar-refractivity contribution is 5.79. The quantitative estimate of drug-likeness (QED) is 0.200. The summed E-state index contributed by atoms with van der Waals surface area (Å²) < 4.78 is 11.8. The van der Waals surface area contributed by atoms with E-state index in [1.54, 1.807) is 0 Å². The van der Waals surface area contributed by atoms with E-state index in [1.807, 2.05) is 60.7 Å². The molecule has 0 unspecified atom stereocenters. The van der Waals surface area contributed by atoms with Crippen molar-refractivity contribution in [2.45, 2.75) is 118 Å². The van der Waals surface area contributed by atoms with Crippen molar-refractivity contribution in [3.8, 4) is 0 Å². The fraction of sp³-hybridized carbons (Fsp3) is 0.500. The minimum absolute atomic E-state index is 0.130. The molecule has 228 valence electrons. The Labute approximate surface area is 253 Å². The van der Waals surface area contributed by atoms with Gasteiger partial charge in [-0.3, -0.25) is 0 Å². The number of allylic oxidation sites excluding steroid dienone is 4. The third-order valence-electron chi connectivity index (χ3n) is 7.62. The fourth-order valence-electron chi connectivity index (χ4n) is 5.29. The molecule has 1 aliphatic rings. The van der Waals surface area contributed by atoms with Gasteiger partial charge in [0.15, 0.2) is 0 Å². The van der Waals surface area contributed by atoms with Crippen LogP contribution in [0, 0.1) is 0 Å². The Morgan fingerprint density at radius 1 is 0.524 bits per heavy atom. The number of hydrogen-bond acceptors (Lipinski definition) is 4. The Morgan fingerprint density at radius 3 is 1.19 bits per heavy atom. The highest BCUT2D eigenvalue weighted by Crippen LogP contribution is 2.41. The van der Waals surface area contributed by atoms with Gasteiger partial charge in [-0.1, -0.05) is 114 Å². The maximum Gasteiger partial charge on any atom is 0.434 e. The number of nitrogens with zero attached hydrogens (tertiary/aromatic N) is 2. The number of unbranched alkanes of at least 4 members (excludes halogenated alkanes) is 4. The summed E-state index contributed by atoms with van der Waals surface area (Å²) in [6.45, 7) is 8.96. The highest BCUT2D eigenvalue weighted by Gasteiger charge is 2.40. The molecular formula is C36H50N2O4. The van der Waals surface area contributed by atoms with E-state index in [-0.39, 0.29) is 13.2 Å². The molecule has 0 fully saturated rings. The van der Waals surface area contributed by atoms with Crippen molar-refractivity contribution in [2.24, 2.45) is 0 Å². The first kappa shape index (κ1) is 33.0. The predicted molar refractivity (Wildman–Crippen MR) is 169 cm³/mol. The lowest BCUT2D eigenvalue weighted by molar-refractivity contribution is 0.00253. The summed E-state index contributed by atoms with van der Waals surface area (Å²) in [5, 5.41) is 3.05. The molecule has 2 aromatic carbocycles. The van der Waals surface area contributed by atoms with E-state index in [0.29, 0.717) is 12.8 Å². The zero-order valence-electron chi connectivity index (χ0n) is 26.2. The van der Waals surface area contributed by atoms with Crippen molar-refractivity contribution in [3.05, 3.63) is 94.3 Å². The second kappa shape index (κ2) is 18.1. The molecule has 6 nitrogen and oxygen atoms in total. The monoisotopic (exact) mass is 574 g/mol. The second-order valence-electron chi connectivity index (χ2n) is 11.0. The SMILES string of the molecule is CCCCC1=C(CCCC)N(C(=O)OCc2ccccc2)N(C(=O)OCc2ccccc2)C(CCCC)=C1CCCC. The molecule has 0 N–H and O–H groups in total. The van der Waals surface area contributed by atoms with Crippen molar-refractivity contribution in [1.29, 1.82) is 0 Å². The van der Waals surface area contributed by atoms with Crippen molar-refractivity contribution in [2.75, 3.05) is 0 Å². The van der Waals surface area contributed by atoms with Crippen molar-refractivity contribution in [1.82, 2.24) is 10.0 Å². The highest BCUT2D eigenvalue weighted by atomic mass is 16.6. The Kier molecular flexibility index (Phi) is 14.2. The molecule has 0 radical (unpaired) electrons. The number of amides is 2. The van der Waals surface area contributed by atoms with Gasteiger partial charge in [0, 0.05) is 0 Å². The largest absolute Gasteiger partial charge is 0.443 e. The van der Waals surface area contributed by atoms with E-state index in [9.17, 15) is 9.59 Å². The van der Waals surface area contributed by atoms with Gasteiger partial charge in [-0.25, -0.2) is 9.59 Å². The number of hydrazine groups is 1. The molecule has 42 heavy (non-hydrogen) atoms. The lowest BCUT2D eigenvalue weighted by Crippen LogP contribution is -2.51. The van der Waals surface area contributed by atoms with Crippen LogP contribution in [0.1, 0.15) is 116 Å². The predicted octanol–water partition coefficient (Wildman–Crippen LogP) is 10.5. The zero-order valence-corrected chi connectivity index (χ0v) is 26.2. The molecule has 0 saturated heterocycles. The molecule has 0 bridgehead atoms. The first-order valence-corrected chi connectivity index (χ1v) is 16.0. The van der Waals surface area contributed by atoms with Gasteiger partial charge in [-0.2, -0.15) is 10.0 Å². The van der Waals surface area contributed by atoms with E-state index in [0.717, 1.165) is 86.7 Å². The van der Waals surface area contributed by atoms with Gasteiger partial charge >= 0.3 is 12.2 Å². The smallest absolute Gasteiger partial charge is 0.434 e.